The van der Waals surface area contributed by atoms with Crippen LogP contribution in [0, 0.1) is 17.8 Å². The fourth-order valence-electron chi connectivity index (χ4n) is 2.49. The second-order valence-electron chi connectivity index (χ2n) is 4.75. The lowest BCUT2D eigenvalue weighted by molar-refractivity contribution is 0.00387. The number of hydrogen-bond donors (Lipinski definition) is 1. The highest BCUT2D eigenvalue weighted by Crippen LogP contribution is 2.35. The monoisotopic (exact) mass is 206 g/mol. The van der Waals surface area contributed by atoms with Crippen molar-refractivity contribution < 1.29 is 13.9 Å². The molecule has 0 heterocycles. The van der Waals surface area contributed by atoms with Crippen LogP contribution in [0.5, 0.6) is 0 Å². The maximum atomic E-state index is 12.2. The number of halogens is 2. The lowest BCUT2D eigenvalue weighted by Crippen LogP contribution is -2.33. The first-order valence-corrected chi connectivity index (χ1v) is 5.47. The molecule has 1 aliphatic rings. The summed E-state index contributed by atoms with van der Waals surface area (Å²) in [6.45, 7) is 3.94. The maximum absolute atomic E-state index is 12.2. The average Bonchev–Trinajstić information content (AvgIpc) is 2.01. The lowest BCUT2D eigenvalue weighted by Gasteiger charge is -2.35. The van der Waals surface area contributed by atoms with Crippen molar-refractivity contribution in [3.05, 3.63) is 0 Å². The molecule has 0 aromatic heterocycles. The fraction of sp³-hybridized carbons (Fsp3) is 1.00. The molecule has 1 nitrogen and oxygen atoms in total. The Morgan fingerprint density at radius 2 is 2.00 bits per heavy atom. The number of aliphatic hydroxyl groups excluding tert-OH is 1. The Labute approximate surface area is 84.5 Å². The first kappa shape index (κ1) is 11.9. The van der Waals surface area contributed by atoms with E-state index in [0.717, 1.165) is 19.3 Å². The first-order valence-electron chi connectivity index (χ1n) is 5.47. The summed E-state index contributed by atoms with van der Waals surface area (Å²) < 4.78 is 24.3. The molecule has 0 spiro atoms. The van der Waals surface area contributed by atoms with Crippen molar-refractivity contribution in [3.8, 4) is 0 Å². The molecular weight excluding hydrogens is 186 g/mol. The molecule has 0 aromatic carbocycles. The van der Waals surface area contributed by atoms with E-state index in [4.69, 9.17) is 0 Å². The third kappa shape index (κ3) is 3.19. The van der Waals surface area contributed by atoms with Gasteiger partial charge in [0.05, 0.1) is 6.10 Å². The molecular formula is C11H20F2O. The van der Waals surface area contributed by atoms with Crippen LogP contribution in [0.15, 0.2) is 0 Å². The van der Waals surface area contributed by atoms with Gasteiger partial charge in [-0.05, 0) is 30.6 Å². The molecule has 0 radical (unpaired) electrons. The normalized spacial score (nSPS) is 36.0. The van der Waals surface area contributed by atoms with Gasteiger partial charge in [-0.2, -0.15) is 0 Å². The van der Waals surface area contributed by atoms with Gasteiger partial charge in [-0.25, -0.2) is 8.78 Å². The van der Waals surface area contributed by atoms with Gasteiger partial charge in [-0.3, -0.25) is 0 Å². The van der Waals surface area contributed by atoms with Crippen LogP contribution < -0.4 is 0 Å². The minimum Gasteiger partial charge on any atom is -0.393 e. The van der Waals surface area contributed by atoms with E-state index in [-0.39, 0.29) is 24.4 Å². The average molecular weight is 206 g/mol. The molecule has 1 saturated carbocycles. The number of alkyl halides is 2. The van der Waals surface area contributed by atoms with E-state index in [1.807, 2.05) is 6.92 Å². The topological polar surface area (TPSA) is 20.2 Å². The van der Waals surface area contributed by atoms with E-state index < -0.39 is 6.43 Å². The summed E-state index contributed by atoms with van der Waals surface area (Å²) in [6.07, 6.45) is 0.0592. The van der Waals surface area contributed by atoms with Gasteiger partial charge >= 0.3 is 0 Å². The van der Waals surface area contributed by atoms with Gasteiger partial charge in [-0.15, -0.1) is 0 Å². The minimum atomic E-state index is -2.24. The van der Waals surface area contributed by atoms with Crippen LogP contribution in [-0.4, -0.2) is 17.6 Å². The molecule has 84 valence electrons. The summed E-state index contributed by atoms with van der Waals surface area (Å²) in [4.78, 5) is 0. The Balaban J connectivity index is 2.43. The molecule has 1 rings (SSSR count). The zero-order valence-electron chi connectivity index (χ0n) is 8.92. The van der Waals surface area contributed by atoms with Crippen molar-refractivity contribution in [1.82, 2.24) is 0 Å². The second kappa shape index (κ2) is 5.06. The molecule has 3 heteroatoms. The molecule has 0 saturated heterocycles. The molecule has 1 N–H and O–H groups in total. The predicted octanol–water partition coefficient (Wildman–Crippen LogP) is 3.07. The standard InChI is InChI=1S/C11H20F2O/c1-7-3-4-9(10(14)5-7)8(2)6-11(12)13/h7-11,14H,3-6H2,1-2H3/t7-,8?,9?,10-/m1/s1. The molecule has 2 unspecified atom stereocenters. The summed E-state index contributed by atoms with van der Waals surface area (Å²) in [5.41, 5.74) is 0. The number of hydrogen-bond acceptors (Lipinski definition) is 1. The van der Waals surface area contributed by atoms with Crippen LogP contribution in [0.1, 0.15) is 39.5 Å². The number of rotatable bonds is 3. The Morgan fingerprint density at radius 1 is 1.36 bits per heavy atom. The summed E-state index contributed by atoms with van der Waals surface area (Å²) in [5, 5.41) is 9.78. The van der Waals surface area contributed by atoms with E-state index >= 15 is 0 Å². The van der Waals surface area contributed by atoms with Crippen LogP contribution in [0.2, 0.25) is 0 Å². The highest BCUT2D eigenvalue weighted by Gasteiger charge is 2.31. The Kier molecular flexibility index (Phi) is 4.30. The van der Waals surface area contributed by atoms with Crippen LogP contribution in [0.4, 0.5) is 8.78 Å². The smallest absolute Gasteiger partial charge is 0.238 e. The third-order valence-electron chi connectivity index (χ3n) is 3.41. The Morgan fingerprint density at radius 3 is 2.50 bits per heavy atom. The van der Waals surface area contributed by atoms with Gasteiger partial charge in [0.25, 0.3) is 0 Å². The summed E-state index contributed by atoms with van der Waals surface area (Å²) in [5.74, 6) is 0.567. The van der Waals surface area contributed by atoms with Gasteiger partial charge in [0.1, 0.15) is 0 Å². The summed E-state index contributed by atoms with van der Waals surface area (Å²) >= 11 is 0. The Hall–Kier alpha value is -0.180. The molecule has 0 bridgehead atoms. The zero-order chi connectivity index (χ0) is 10.7. The van der Waals surface area contributed by atoms with E-state index in [9.17, 15) is 13.9 Å². The van der Waals surface area contributed by atoms with Gasteiger partial charge in [-0.1, -0.05) is 20.3 Å². The van der Waals surface area contributed by atoms with Crippen LogP contribution >= 0.6 is 0 Å². The minimum absolute atomic E-state index is 0.0579. The van der Waals surface area contributed by atoms with Gasteiger partial charge < -0.3 is 5.11 Å². The van der Waals surface area contributed by atoms with E-state index in [2.05, 4.69) is 6.92 Å². The molecule has 4 atom stereocenters. The largest absolute Gasteiger partial charge is 0.393 e. The maximum Gasteiger partial charge on any atom is 0.238 e. The molecule has 14 heavy (non-hydrogen) atoms. The molecule has 0 aromatic rings. The number of aliphatic hydroxyl groups is 1. The molecule has 1 fully saturated rings. The molecule has 0 aliphatic heterocycles. The SMILES string of the molecule is CC(CC(F)F)C1CC[C@@H](C)C[C@H]1O. The van der Waals surface area contributed by atoms with E-state index in [0.29, 0.717) is 5.92 Å². The van der Waals surface area contributed by atoms with Crippen molar-refractivity contribution in [2.24, 2.45) is 17.8 Å². The quantitative estimate of drug-likeness (QED) is 0.752. The van der Waals surface area contributed by atoms with E-state index in [1.165, 1.54) is 0 Å². The highest BCUT2D eigenvalue weighted by atomic mass is 19.3. The highest BCUT2D eigenvalue weighted by molar-refractivity contribution is 4.81. The van der Waals surface area contributed by atoms with Crippen LogP contribution in [0.3, 0.4) is 0 Å². The summed E-state index contributed by atoms with van der Waals surface area (Å²) in [6, 6.07) is 0. The fourth-order valence-corrected chi connectivity index (χ4v) is 2.49. The summed E-state index contributed by atoms with van der Waals surface area (Å²) in [7, 11) is 0. The van der Waals surface area contributed by atoms with Crippen LogP contribution in [0.25, 0.3) is 0 Å². The Bertz CT molecular complexity index is 173. The van der Waals surface area contributed by atoms with Gasteiger partial charge in [0.15, 0.2) is 0 Å². The van der Waals surface area contributed by atoms with Gasteiger partial charge in [0.2, 0.25) is 6.43 Å². The van der Waals surface area contributed by atoms with Crippen LogP contribution in [-0.2, 0) is 0 Å². The lowest BCUT2D eigenvalue weighted by atomic mass is 9.74. The second-order valence-corrected chi connectivity index (χ2v) is 4.75. The van der Waals surface area contributed by atoms with E-state index in [1.54, 1.807) is 0 Å². The van der Waals surface area contributed by atoms with Crippen molar-refractivity contribution in [1.29, 1.82) is 0 Å². The first-order chi connectivity index (χ1) is 6.50. The molecule has 1 aliphatic carbocycles. The predicted molar refractivity (Wildman–Crippen MR) is 52.3 cm³/mol. The third-order valence-corrected chi connectivity index (χ3v) is 3.41. The molecule has 0 amide bonds. The van der Waals surface area contributed by atoms with Gasteiger partial charge in [0, 0.05) is 6.42 Å². The van der Waals surface area contributed by atoms with Crippen molar-refractivity contribution in [2.45, 2.75) is 52.1 Å². The van der Waals surface area contributed by atoms with Crippen molar-refractivity contribution in [3.63, 3.8) is 0 Å². The van der Waals surface area contributed by atoms with Crippen molar-refractivity contribution in [2.75, 3.05) is 0 Å². The zero-order valence-corrected chi connectivity index (χ0v) is 8.92. The van der Waals surface area contributed by atoms with Crippen molar-refractivity contribution >= 4 is 0 Å².